The predicted molar refractivity (Wildman–Crippen MR) is 91.1 cm³/mol. The van der Waals surface area contributed by atoms with Gasteiger partial charge in [-0.1, -0.05) is 24.3 Å². The maximum absolute atomic E-state index is 13.5. The van der Waals surface area contributed by atoms with Crippen LogP contribution in [0.1, 0.15) is 17.2 Å². The predicted octanol–water partition coefficient (Wildman–Crippen LogP) is 2.59. The molecular formula is C18H16F2N2O2S. The molecule has 25 heavy (non-hydrogen) atoms. The van der Waals surface area contributed by atoms with Gasteiger partial charge in [-0.2, -0.15) is 0 Å². The Labute approximate surface area is 148 Å². The molecule has 2 aromatic rings. The summed E-state index contributed by atoms with van der Waals surface area (Å²) >= 11 is 1.43. The first-order chi connectivity index (χ1) is 12.0. The molecule has 0 aliphatic carbocycles. The summed E-state index contributed by atoms with van der Waals surface area (Å²) in [6, 6.07) is 9.78. The number of fused-ring (bicyclic) bond motifs is 1. The van der Waals surface area contributed by atoms with Crippen LogP contribution in [0.3, 0.4) is 0 Å². The quantitative estimate of drug-likeness (QED) is 0.879. The zero-order valence-electron chi connectivity index (χ0n) is 13.4. The number of rotatable bonds is 4. The second kappa shape index (κ2) is 7.23. The van der Waals surface area contributed by atoms with E-state index >= 15 is 0 Å². The average molecular weight is 362 g/mol. The molecule has 2 atom stereocenters. The Kier molecular flexibility index (Phi) is 5.03. The fourth-order valence-electron chi connectivity index (χ4n) is 2.70. The van der Waals surface area contributed by atoms with E-state index in [9.17, 15) is 18.4 Å². The molecule has 2 aromatic carbocycles. The highest BCUT2D eigenvalue weighted by Gasteiger charge is 2.31. The van der Waals surface area contributed by atoms with E-state index in [2.05, 4.69) is 10.6 Å². The van der Waals surface area contributed by atoms with E-state index in [1.54, 1.807) is 0 Å². The van der Waals surface area contributed by atoms with Crippen LogP contribution in [0.2, 0.25) is 0 Å². The molecule has 2 amide bonds. The number of likely N-dealkylation sites (N-methyl/N-ethyl adjacent to an activating group) is 1. The van der Waals surface area contributed by atoms with E-state index in [0.29, 0.717) is 6.42 Å². The molecule has 130 valence electrons. The Bertz CT molecular complexity index is 803. The zero-order chi connectivity index (χ0) is 18.0. The van der Waals surface area contributed by atoms with Crippen molar-refractivity contribution in [3.8, 4) is 0 Å². The Morgan fingerprint density at radius 2 is 1.92 bits per heavy atom. The molecule has 1 aliphatic rings. The number of halogens is 2. The standard InChI is InChI=1S/C18H16F2N2O2S/c1-21-18(24)16(11-6-7-12(19)13(20)8-11)22-17(23)15-9-10-4-2-3-5-14(10)25-15/h2-8,15-16H,9H2,1H3,(H,21,24)(H,22,23). The van der Waals surface area contributed by atoms with Gasteiger partial charge in [0.25, 0.3) is 0 Å². The molecular weight excluding hydrogens is 346 g/mol. The first-order valence-corrected chi connectivity index (χ1v) is 8.59. The second-order valence-corrected chi connectivity index (χ2v) is 6.89. The van der Waals surface area contributed by atoms with Crippen LogP contribution < -0.4 is 10.6 Å². The molecule has 0 saturated heterocycles. The smallest absolute Gasteiger partial charge is 0.246 e. The third kappa shape index (κ3) is 3.66. The van der Waals surface area contributed by atoms with Gasteiger partial charge < -0.3 is 10.6 Å². The van der Waals surface area contributed by atoms with Gasteiger partial charge in [0, 0.05) is 11.9 Å². The van der Waals surface area contributed by atoms with E-state index < -0.39 is 23.6 Å². The van der Waals surface area contributed by atoms with Crippen molar-refractivity contribution in [1.29, 1.82) is 0 Å². The Morgan fingerprint density at radius 1 is 1.16 bits per heavy atom. The largest absolute Gasteiger partial charge is 0.357 e. The lowest BCUT2D eigenvalue weighted by molar-refractivity contribution is -0.128. The summed E-state index contributed by atoms with van der Waals surface area (Å²) in [6.07, 6.45) is 0.560. The number of amides is 2. The summed E-state index contributed by atoms with van der Waals surface area (Å²) in [6.45, 7) is 0. The Morgan fingerprint density at radius 3 is 2.60 bits per heavy atom. The Balaban J connectivity index is 1.78. The number of nitrogens with one attached hydrogen (secondary N) is 2. The van der Waals surface area contributed by atoms with Crippen LogP contribution in [0.5, 0.6) is 0 Å². The first kappa shape index (κ1) is 17.4. The maximum atomic E-state index is 13.5. The monoisotopic (exact) mass is 362 g/mol. The minimum atomic E-state index is -1.09. The van der Waals surface area contributed by atoms with E-state index in [1.807, 2.05) is 24.3 Å². The number of carbonyl (C=O) groups excluding carboxylic acids is 2. The average Bonchev–Trinajstić information content (AvgIpc) is 3.05. The summed E-state index contributed by atoms with van der Waals surface area (Å²) < 4.78 is 26.6. The van der Waals surface area contributed by atoms with Crippen molar-refractivity contribution in [1.82, 2.24) is 10.6 Å². The molecule has 0 fully saturated rings. The minimum Gasteiger partial charge on any atom is -0.357 e. The van der Waals surface area contributed by atoms with Crippen molar-refractivity contribution in [2.24, 2.45) is 0 Å². The van der Waals surface area contributed by atoms with Gasteiger partial charge in [-0.05, 0) is 35.7 Å². The van der Waals surface area contributed by atoms with E-state index in [0.717, 1.165) is 22.6 Å². The van der Waals surface area contributed by atoms with Crippen molar-refractivity contribution in [3.05, 3.63) is 65.2 Å². The summed E-state index contributed by atoms with van der Waals surface area (Å²) in [4.78, 5) is 25.8. The molecule has 4 nitrogen and oxygen atoms in total. The highest BCUT2D eigenvalue weighted by atomic mass is 32.2. The summed E-state index contributed by atoms with van der Waals surface area (Å²) in [7, 11) is 1.42. The van der Waals surface area contributed by atoms with Gasteiger partial charge in [0.05, 0.1) is 5.25 Å². The molecule has 2 unspecified atom stereocenters. The summed E-state index contributed by atoms with van der Waals surface area (Å²) in [5, 5.41) is 4.71. The fraction of sp³-hybridized carbons (Fsp3) is 0.222. The number of hydrogen-bond acceptors (Lipinski definition) is 3. The topological polar surface area (TPSA) is 58.2 Å². The molecule has 0 bridgehead atoms. The van der Waals surface area contributed by atoms with Crippen molar-refractivity contribution in [2.75, 3.05) is 7.05 Å². The number of hydrogen-bond donors (Lipinski definition) is 2. The lowest BCUT2D eigenvalue weighted by Crippen LogP contribution is -2.42. The van der Waals surface area contributed by atoms with Crippen LogP contribution in [0, 0.1) is 11.6 Å². The third-order valence-corrected chi connectivity index (χ3v) is 5.33. The fourth-order valence-corrected chi connectivity index (χ4v) is 3.90. The molecule has 2 N–H and O–H groups in total. The molecule has 1 aliphatic heterocycles. The molecule has 3 rings (SSSR count). The van der Waals surface area contributed by atoms with E-state index in [-0.39, 0.29) is 16.7 Å². The lowest BCUT2D eigenvalue weighted by Gasteiger charge is -2.20. The maximum Gasteiger partial charge on any atom is 0.246 e. The summed E-state index contributed by atoms with van der Waals surface area (Å²) in [5.41, 5.74) is 1.27. The number of carbonyl (C=O) groups is 2. The molecule has 0 aromatic heterocycles. The number of thioether (sulfide) groups is 1. The normalized spacial score (nSPS) is 16.8. The molecule has 0 saturated carbocycles. The van der Waals surface area contributed by atoms with Crippen LogP contribution in [-0.2, 0) is 16.0 Å². The van der Waals surface area contributed by atoms with Gasteiger partial charge in [-0.15, -0.1) is 11.8 Å². The minimum absolute atomic E-state index is 0.187. The van der Waals surface area contributed by atoms with Gasteiger partial charge in [-0.25, -0.2) is 8.78 Å². The van der Waals surface area contributed by atoms with Gasteiger partial charge in [0.15, 0.2) is 11.6 Å². The van der Waals surface area contributed by atoms with Crippen LogP contribution in [0.25, 0.3) is 0 Å². The van der Waals surface area contributed by atoms with Gasteiger partial charge in [0.2, 0.25) is 11.8 Å². The van der Waals surface area contributed by atoms with E-state index in [4.69, 9.17) is 0 Å². The second-order valence-electron chi connectivity index (χ2n) is 5.65. The molecule has 0 radical (unpaired) electrons. The lowest BCUT2D eigenvalue weighted by atomic mass is 10.0. The van der Waals surface area contributed by atoms with Gasteiger partial charge in [-0.3, -0.25) is 9.59 Å². The number of benzene rings is 2. The van der Waals surface area contributed by atoms with Crippen LogP contribution in [0.4, 0.5) is 8.78 Å². The van der Waals surface area contributed by atoms with Gasteiger partial charge >= 0.3 is 0 Å². The van der Waals surface area contributed by atoms with Crippen molar-refractivity contribution < 1.29 is 18.4 Å². The van der Waals surface area contributed by atoms with Crippen LogP contribution >= 0.6 is 11.8 Å². The molecule has 1 heterocycles. The highest BCUT2D eigenvalue weighted by molar-refractivity contribution is 8.01. The van der Waals surface area contributed by atoms with Gasteiger partial charge in [0.1, 0.15) is 6.04 Å². The molecule has 7 heteroatoms. The van der Waals surface area contributed by atoms with Crippen molar-refractivity contribution in [2.45, 2.75) is 22.6 Å². The molecule has 0 spiro atoms. The SMILES string of the molecule is CNC(=O)C(NC(=O)C1Cc2ccccc2S1)c1ccc(F)c(F)c1. The third-order valence-electron chi connectivity index (χ3n) is 4.01. The first-order valence-electron chi connectivity index (χ1n) is 7.71. The summed E-state index contributed by atoms with van der Waals surface area (Å²) in [5.74, 6) is -2.89. The zero-order valence-corrected chi connectivity index (χ0v) is 14.2. The van der Waals surface area contributed by atoms with Crippen LogP contribution in [-0.4, -0.2) is 24.1 Å². The van der Waals surface area contributed by atoms with Crippen molar-refractivity contribution >= 4 is 23.6 Å². The van der Waals surface area contributed by atoms with Crippen LogP contribution in [0.15, 0.2) is 47.4 Å². The van der Waals surface area contributed by atoms with E-state index in [1.165, 1.54) is 24.9 Å². The highest BCUT2D eigenvalue weighted by Crippen LogP contribution is 2.37. The Hall–Kier alpha value is -2.41. The van der Waals surface area contributed by atoms with Crippen molar-refractivity contribution in [3.63, 3.8) is 0 Å².